The van der Waals surface area contributed by atoms with Gasteiger partial charge in [0.15, 0.2) is 0 Å². The van der Waals surface area contributed by atoms with Crippen molar-refractivity contribution < 1.29 is 8.78 Å². The summed E-state index contributed by atoms with van der Waals surface area (Å²) in [6.07, 6.45) is 0. The molecule has 0 heterocycles. The summed E-state index contributed by atoms with van der Waals surface area (Å²) in [6, 6.07) is 3.69. The minimum Gasteiger partial charge on any atom is -0.206 e. The van der Waals surface area contributed by atoms with E-state index in [2.05, 4.69) is 15.9 Å². The number of hydrogen-bond acceptors (Lipinski definition) is 0. The molecule has 0 bridgehead atoms. The molecular formula is C6H5BrF2Mg. The van der Waals surface area contributed by atoms with Crippen LogP contribution < -0.4 is 0 Å². The Morgan fingerprint density at radius 3 is 1.80 bits per heavy atom. The summed E-state index contributed by atoms with van der Waals surface area (Å²) in [5, 5.41) is 0. The van der Waals surface area contributed by atoms with Crippen LogP contribution in [0.1, 0.15) is 0 Å². The van der Waals surface area contributed by atoms with Crippen LogP contribution in [0.4, 0.5) is 8.78 Å². The second-order valence-electron chi connectivity index (χ2n) is 1.54. The fourth-order valence-corrected chi connectivity index (χ4v) is 0.742. The van der Waals surface area contributed by atoms with Gasteiger partial charge in [-0.15, -0.1) is 0 Å². The van der Waals surface area contributed by atoms with Gasteiger partial charge in [0.1, 0.15) is 11.6 Å². The topological polar surface area (TPSA) is 0 Å². The predicted octanol–water partition coefficient (Wildman–Crippen LogP) is 1.81. The lowest BCUT2D eigenvalue weighted by molar-refractivity contribution is 0.572. The Balaban J connectivity index is 0.000000810. The van der Waals surface area contributed by atoms with Gasteiger partial charge in [-0.2, -0.15) is 0 Å². The molecule has 0 nitrogen and oxygen atoms in total. The molecular weight excluding hydrogens is 214 g/mol. The summed E-state index contributed by atoms with van der Waals surface area (Å²) in [7, 11) is 0. The van der Waals surface area contributed by atoms with Gasteiger partial charge in [0.2, 0.25) is 0 Å². The highest BCUT2D eigenvalue weighted by atomic mass is 79.9. The van der Waals surface area contributed by atoms with Crippen LogP contribution in [-0.4, -0.2) is 23.1 Å². The largest absolute Gasteiger partial charge is 0.316 e. The summed E-state index contributed by atoms with van der Waals surface area (Å²) >= 11 is 2.73. The van der Waals surface area contributed by atoms with E-state index >= 15 is 0 Å². The third-order valence-corrected chi connectivity index (χ3v) is 1.66. The van der Waals surface area contributed by atoms with Crippen LogP contribution in [0.25, 0.3) is 0 Å². The monoisotopic (exact) mass is 218 g/mol. The van der Waals surface area contributed by atoms with E-state index in [4.69, 9.17) is 0 Å². The van der Waals surface area contributed by atoms with Gasteiger partial charge in [-0.1, -0.05) is 6.07 Å². The van der Waals surface area contributed by atoms with E-state index in [-0.39, 0.29) is 27.5 Å². The Hall–Kier alpha value is 0.326. The molecule has 0 saturated carbocycles. The van der Waals surface area contributed by atoms with Crippen molar-refractivity contribution in [3.63, 3.8) is 0 Å². The Morgan fingerprint density at radius 1 is 1.10 bits per heavy atom. The molecule has 0 amide bonds. The van der Waals surface area contributed by atoms with E-state index in [1.165, 1.54) is 18.2 Å². The third-order valence-electron chi connectivity index (χ3n) is 0.904. The Bertz CT molecular complexity index is 207. The molecule has 0 radical (unpaired) electrons. The van der Waals surface area contributed by atoms with E-state index < -0.39 is 11.6 Å². The van der Waals surface area contributed by atoms with Crippen molar-refractivity contribution in [1.29, 1.82) is 0 Å². The first-order chi connectivity index (χ1) is 4.22. The van der Waals surface area contributed by atoms with Crippen LogP contribution >= 0.6 is 15.9 Å². The highest BCUT2D eigenvalue weighted by Gasteiger charge is 2.01. The van der Waals surface area contributed by atoms with E-state index in [9.17, 15) is 8.78 Å². The highest BCUT2D eigenvalue weighted by Crippen LogP contribution is 2.17. The molecule has 0 aliphatic carbocycles. The van der Waals surface area contributed by atoms with Gasteiger partial charge in [0.05, 0.1) is 4.47 Å². The Morgan fingerprint density at radius 2 is 1.50 bits per heavy atom. The average molecular weight is 219 g/mol. The van der Waals surface area contributed by atoms with Gasteiger partial charge >= 0.3 is 23.1 Å². The van der Waals surface area contributed by atoms with Crippen LogP contribution in [0.2, 0.25) is 0 Å². The minimum absolute atomic E-state index is 0. The zero-order chi connectivity index (χ0) is 6.85. The lowest BCUT2D eigenvalue weighted by atomic mass is 10.3. The molecule has 0 fully saturated rings. The standard InChI is InChI=1S/C6H3BrF2.Mg.2H/c7-6-4(8)2-1-3-5(6)9;;;/h1-3H;;;. The molecule has 0 saturated heterocycles. The second kappa shape index (κ2) is 4.26. The van der Waals surface area contributed by atoms with Crippen LogP contribution in [0.15, 0.2) is 22.7 Å². The Kier molecular flexibility index (Phi) is 4.39. The summed E-state index contributed by atoms with van der Waals surface area (Å²) in [5.41, 5.74) is 0. The van der Waals surface area contributed by atoms with Gasteiger partial charge < -0.3 is 0 Å². The quantitative estimate of drug-likeness (QED) is 0.461. The molecule has 1 rings (SSSR count). The molecule has 0 spiro atoms. The molecule has 0 aliphatic rings. The first-order valence-corrected chi connectivity index (χ1v) is 3.10. The second-order valence-corrected chi connectivity index (χ2v) is 2.33. The van der Waals surface area contributed by atoms with Crippen molar-refractivity contribution in [3.05, 3.63) is 34.3 Å². The normalized spacial score (nSPS) is 8.70. The minimum atomic E-state index is -0.574. The molecule has 10 heavy (non-hydrogen) atoms. The van der Waals surface area contributed by atoms with Crippen molar-refractivity contribution >= 4 is 39.0 Å². The molecule has 0 aromatic heterocycles. The molecule has 0 aliphatic heterocycles. The first kappa shape index (κ1) is 10.3. The van der Waals surface area contributed by atoms with Crippen molar-refractivity contribution in [2.45, 2.75) is 0 Å². The lowest BCUT2D eigenvalue weighted by Gasteiger charge is -1.92. The zero-order valence-corrected chi connectivity index (χ0v) is 5.95. The average Bonchev–Trinajstić information content (AvgIpc) is 1.83. The van der Waals surface area contributed by atoms with Gasteiger partial charge in [-0.05, 0) is 28.1 Å². The molecule has 0 N–H and O–H groups in total. The number of rotatable bonds is 0. The van der Waals surface area contributed by atoms with Crippen molar-refractivity contribution in [2.75, 3.05) is 0 Å². The molecule has 1 aromatic carbocycles. The van der Waals surface area contributed by atoms with Crippen LogP contribution in [-0.2, 0) is 0 Å². The maximum atomic E-state index is 12.3. The molecule has 0 unspecified atom stereocenters. The van der Waals surface area contributed by atoms with Crippen molar-refractivity contribution in [1.82, 2.24) is 0 Å². The Labute approximate surface area is 81.9 Å². The van der Waals surface area contributed by atoms with Gasteiger partial charge in [-0.25, -0.2) is 8.78 Å². The van der Waals surface area contributed by atoms with Gasteiger partial charge in [0.25, 0.3) is 0 Å². The summed E-state index contributed by atoms with van der Waals surface area (Å²) in [5.74, 6) is -1.15. The van der Waals surface area contributed by atoms with Crippen LogP contribution in [0, 0.1) is 11.6 Å². The third kappa shape index (κ3) is 2.18. The smallest absolute Gasteiger partial charge is 0.206 e. The van der Waals surface area contributed by atoms with E-state index in [0.29, 0.717) is 0 Å². The van der Waals surface area contributed by atoms with Gasteiger partial charge in [-0.3, -0.25) is 0 Å². The molecule has 1 aromatic rings. The van der Waals surface area contributed by atoms with E-state index in [1.807, 2.05) is 0 Å². The molecule has 52 valence electrons. The maximum Gasteiger partial charge on any atom is 0.316 e. The first-order valence-electron chi connectivity index (χ1n) is 2.31. The lowest BCUT2D eigenvalue weighted by Crippen LogP contribution is -1.80. The maximum absolute atomic E-state index is 12.3. The summed E-state index contributed by atoms with van der Waals surface area (Å²) in [6.45, 7) is 0. The fraction of sp³-hybridized carbons (Fsp3) is 0. The van der Waals surface area contributed by atoms with Crippen LogP contribution in [0.3, 0.4) is 0 Å². The van der Waals surface area contributed by atoms with Gasteiger partial charge in [0, 0.05) is 0 Å². The summed E-state index contributed by atoms with van der Waals surface area (Å²) in [4.78, 5) is 0. The fourth-order valence-electron chi connectivity index (χ4n) is 0.477. The SMILES string of the molecule is Fc1cccc(F)c1Br.[MgH2]. The zero-order valence-electron chi connectivity index (χ0n) is 4.37. The summed E-state index contributed by atoms with van der Waals surface area (Å²) < 4.78 is 24.5. The van der Waals surface area contributed by atoms with Crippen molar-refractivity contribution in [2.24, 2.45) is 0 Å². The molecule has 4 heteroatoms. The van der Waals surface area contributed by atoms with Crippen molar-refractivity contribution in [3.8, 4) is 0 Å². The highest BCUT2D eigenvalue weighted by molar-refractivity contribution is 9.10. The van der Waals surface area contributed by atoms with Crippen LogP contribution in [0.5, 0.6) is 0 Å². The number of halogens is 3. The molecule has 0 atom stereocenters. The van der Waals surface area contributed by atoms with E-state index in [0.717, 1.165) is 0 Å². The van der Waals surface area contributed by atoms with E-state index in [1.54, 1.807) is 0 Å². The predicted molar refractivity (Wildman–Crippen MR) is 42.6 cm³/mol. The number of benzene rings is 1. The number of hydrogen-bond donors (Lipinski definition) is 0.